The predicted octanol–water partition coefficient (Wildman–Crippen LogP) is 3.51. The number of halogens is 2. The summed E-state index contributed by atoms with van der Waals surface area (Å²) in [4.78, 5) is 14.1. The fourth-order valence-corrected chi connectivity index (χ4v) is 1.84. The van der Waals surface area contributed by atoms with Crippen molar-refractivity contribution in [2.45, 2.75) is 24.6 Å². The minimum Gasteiger partial charge on any atom is -0.345 e. The number of nitrogens with zero attached hydrogens (tertiary/aromatic N) is 1. The summed E-state index contributed by atoms with van der Waals surface area (Å²) in [6, 6.07) is 7.47. The monoisotopic (exact) mass is 317 g/mol. The zero-order valence-electron chi connectivity index (χ0n) is 10.1. The van der Waals surface area contributed by atoms with Crippen molar-refractivity contribution < 1.29 is 4.79 Å². The Bertz CT molecular complexity index is 381. The number of alkyl halides is 1. The van der Waals surface area contributed by atoms with Crippen molar-refractivity contribution in [1.82, 2.24) is 4.90 Å². The molecule has 4 heteroatoms. The maximum Gasteiger partial charge on any atom is 0.226 e. The maximum atomic E-state index is 11.9. The lowest BCUT2D eigenvalue weighted by atomic mass is 10.1. The Morgan fingerprint density at radius 2 is 2.12 bits per heavy atom. The van der Waals surface area contributed by atoms with Crippen LogP contribution in [0.2, 0.25) is 5.02 Å². The van der Waals surface area contributed by atoms with Crippen LogP contribution in [0.25, 0.3) is 0 Å². The van der Waals surface area contributed by atoms with Crippen molar-refractivity contribution in [2.24, 2.45) is 0 Å². The molecule has 0 aliphatic carbocycles. The molecule has 0 heterocycles. The number of likely N-dealkylation sites (N-methyl/N-ethyl adjacent to an activating group) is 1. The van der Waals surface area contributed by atoms with Gasteiger partial charge in [0, 0.05) is 23.4 Å². The molecule has 1 rings (SSSR count). The molecule has 1 amide bonds. The first-order chi connectivity index (χ1) is 8.00. The Balaban J connectivity index is 2.52. The van der Waals surface area contributed by atoms with E-state index in [1.54, 1.807) is 4.90 Å². The van der Waals surface area contributed by atoms with E-state index < -0.39 is 0 Å². The Morgan fingerprint density at radius 1 is 1.47 bits per heavy atom. The molecule has 1 aromatic carbocycles. The second-order valence-electron chi connectivity index (χ2n) is 4.15. The average Bonchev–Trinajstić information content (AvgIpc) is 2.28. The van der Waals surface area contributed by atoms with E-state index in [0.717, 1.165) is 18.5 Å². The van der Waals surface area contributed by atoms with Crippen LogP contribution >= 0.6 is 27.5 Å². The lowest BCUT2D eigenvalue weighted by Crippen LogP contribution is -2.30. The standard InChI is InChI=1S/C13H17BrClNO/c1-10(14)7-8-16(2)13(17)9-11-5-3-4-6-12(11)15/h3-6,10H,7-9H2,1-2H3. The number of amides is 1. The van der Waals surface area contributed by atoms with Crippen molar-refractivity contribution in [2.75, 3.05) is 13.6 Å². The lowest BCUT2D eigenvalue weighted by Gasteiger charge is -2.18. The summed E-state index contributed by atoms with van der Waals surface area (Å²) in [6.45, 7) is 2.84. The van der Waals surface area contributed by atoms with Gasteiger partial charge in [-0.1, -0.05) is 52.7 Å². The largest absolute Gasteiger partial charge is 0.345 e. The first-order valence-corrected chi connectivity index (χ1v) is 6.91. The Kier molecular flexibility index (Phi) is 6.00. The molecule has 0 aliphatic heterocycles. The topological polar surface area (TPSA) is 20.3 Å². The first-order valence-electron chi connectivity index (χ1n) is 5.62. The molecule has 0 fully saturated rings. The molecule has 94 valence electrons. The van der Waals surface area contributed by atoms with Gasteiger partial charge in [0.05, 0.1) is 6.42 Å². The third-order valence-corrected chi connectivity index (χ3v) is 3.41. The number of hydrogen-bond donors (Lipinski definition) is 0. The fraction of sp³-hybridized carbons (Fsp3) is 0.462. The van der Waals surface area contributed by atoms with Crippen LogP contribution in [0.5, 0.6) is 0 Å². The Hall–Kier alpha value is -0.540. The lowest BCUT2D eigenvalue weighted by molar-refractivity contribution is -0.129. The highest BCUT2D eigenvalue weighted by molar-refractivity contribution is 9.09. The molecule has 0 saturated carbocycles. The van der Waals surface area contributed by atoms with Crippen LogP contribution < -0.4 is 0 Å². The van der Waals surface area contributed by atoms with Crippen LogP contribution in [0.1, 0.15) is 18.9 Å². The molecule has 1 unspecified atom stereocenters. The highest BCUT2D eigenvalue weighted by Gasteiger charge is 2.11. The predicted molar refractivity (Wildman–Crippen MR) is 75.8 cm³/mol. The van der Waals surface area contributed by atoms with E-state index in [9.17, 15) is 4.79 Å². The van der Waals surface area contributed by atoms with Gasteiger partial charge in [-0.15, -0.1) is 0 Å². The number of benzene rings is 1. The molecular weight excluding hydrogens is 302 g/mol. The van der Waals surface area contributed by atoms with Gasteiger partial charge >= 0.3 is 0 Å². The molecule has 0 saturated heterocycles. The summed E-state index contributed by atoms with van der Waals surface area (Å²) in [5.41, 5.74) is 0.887. The smallest absolute Gasteiger partial charge is 0.226 e. The highest BCUT2D eigenvalue weighted by atomic mass is 79.9. The van der Waals surface area contributed by atoms with Crippen LogP contribution in [0, 0.1) is 0 Å². The summed E-state index contributed by atoms with van der Waals surface area (Å²) in [5, 5.41) is 0.656. The molecule has 0 N–H and O–H groups in total. The van der Waals surface area contributed by atoms with Gasteiger partial charge < -0.3 is 4.90 Å². The minimum absolute atomic E-state index is 0.103. The third kappa shape index (κ3) is 5.09. The van der Waals surface area contributed by atoms with E-state index in [1.165, 1.54) is 0 Å². The molecule has 1 atom stereocenters. The zero-order valence-corrected chi connectivity index (χ0v) is 12.5. The molecular formula is C13H17BrClNO. The number of rotatable bonds is 5. The van der Waals surface area contributed by atoms with Gasteiger partial charge in [-0.25, -0.2) is 0 Å². The van der Waals surface area contributed by atoms with E-state index in [1.807, 2.05) is 31.3 Å². The van der Waals surface area contributed by atoms with Gasteiger partial charge in [-0.2, -0.15) is 0 Å². The first kappa shape index (κ1) is 14.5. The highest BCUT2D eigenvalue weighted by Crippen LogP contribution is 2.16. The van der Waals surface area contributed by atoms with Crippen molar-refractivity contribution in [3.63, 3.8) is 0 Å². The van der Waals surface area contributed by atoms with Crippen molar-refractivity contribution in [3.8, 4) is 0 Å². The van der Waals surface area contributed by atoms with Gasteiger partial charge in [-0.05, 0) is 18.1 Å². The van der Waals surface area contributed by atoms with Gasteiger partial charge in [0.25, 0.3) is 0 Å². The second-order valence-corrected chi connectivity index (χ2v) is 6.12. The number of hydrogen-bond acceptors (Lipinski definition) is 1. The van der Waals surface area contributed by atoms with Crippen LogP contribution in [-0.2, 0) is 11.2 Å². The molecule has 0 bridgehead atoms. The minimum atomic E-state index is 0.103. The van der Waals surface area contributed by atoms with E-state index in [4.69, 9.17) is 11.6 Å². The fourth-order valence-electron chi connectivity index (χ4n) is 1.44. The molecule has 0 aromatic heterocycles. The van der Waals surface area contributed by atoms with Gasteiger partial charge in [0.1, 0.15) is 0 Å². The number of carbonyl (C=O) groups is 1. The summed E-state index contributed by atoms with van der Waals surface area (Å²) in [5.74, 6) is 0.103. The van der Waals surface area contributed by atoms with Gasteiger partial charge in [0.15, 0.2) is 0 Å². The molecule has 0 spiro atoms. The van der Waals surface area contributed by atoms with Crippen molar-refractivity contribution in [3.05, 3.63) is 34.9 Å². The Labute approximate surface area is 116 Å². The SMILES string of the molecule is CC(Br)CCN(C)C(=O)Cc1ccccc1Cl. The number of carbonyl (C=O) groups excluding carboxylic acids is 1. The molecule has 2 nitrogen and oxygen atoms in total. The summed E-state index contributed by atoms with van der Waals surface area (Å²) >= 11 is 9.49. The average molecular weight is 319 g/mol. The Morgan fingerprint density at radius 3 is 2.71 bits per heavy atom. The maximum absolute atomic E-state index is 11.9. The normalized spacial score (nSPS) is 12.2. The zero-order chi connectivity index (χ0) is 12.8. The van der Waals surface area contributed by atoms with Crippen LogP contribution in [-0.4, -0.2) is 29.2 Å². The van der Waals surface area contributed by atoms with Crippen molar-refractivity contribution in [1.29, 1.82) is 0 Å². The van der Waals surface area contributed by atoms with Crippen molar-refractivity contribution >= 4 is 33.4 Å². The van der Waals surface area contributed by atoms with Crippen LogP contribution in [0.15, 0.2) is 24.3 Å². The summed E-state index contributed by atoms with van der Waals surface area (Å²) in [7, 11) is 1.83. The van der Waals surface area contributed by atoms with Crippen LogP contribution in [0.3, 0.4) is 0 Å². The molecule has 0 aliphatic rings. The summed E-state index contributed by atoms with van der Waals surface area (Å²) < 4.78 is 0. The molecule has 1 aromatic rings. The van der Waals surface area contributed by atoms with Crippen LogP contribution in [0.4, 0.5) is 0 Å². The van der Waals surface area contributed by atoms with E-state index in [-0.39, 0.29) is 5.91 Å². The third-order valence-electron chi connectivity index (χ3n) is 2.59. The molecule has 17 heavy (non-hydrogen) atoms. The van der Waals surface area contributed by atoms with E-state index in [2.05, 4.69) is 22.9 Å². The quantitative estimate of drug-likeness (QED) is 0.761. The van der Waals surface area contributed by atoms with E-state index in [0.29, 0.717) is 16.3 Å². The van der Waals surface area contributed by atoms with Gasteiger partial charge in [-0.3, -0.25) is 4.79 Å². The molecule has 0 radical (unpaired) electrons. The van der Waals surface area contributed by atoms with Gasteiger partial charge in [0.2, 0.25) is 5.91 Å². The summed E-state index contributed by atoms with van der Waals surface area (Å²) in [6.07, 6.45) is 1.32. The second kappa shape index (κ2) is 7.02. The van der Waals surface area contributed by atoms with E-state index >= 15 is 0 Å².